The molecule has 3 aromatic carbocycles. The number of carbonyl (C=O) groups is 2. The summed E-state index contributed by atoms with van der Waals surface area (Å²) >= 11 is 1.25. The lowest BCUT2D eigenvalue weighted by Crippen LogP contribution is -2.15. The van der Waals surface area contributed by atoms with Crippen molar-refractivity contribution in [2.75, 3.05) is 18.2 Å². The molecule has 0 bridgehead atoms. The first-order valence-electron chi connectivity index (χ1n) is 11.5. The number of ether oxygens (including phenoxy) is 2. The van der Waals surface area contributed by atoms with Gasteiger partial charge in [0.2, 0.25) is 5.91 Å². The van der Waals surface area contributed by atoms with Crippen LogP contribution in [0.1, 0.15) is 28.7 Å². The molecule has 0 spiro atoms. The number of ketones is 1. The molecule has 0 saturated carbocycles. The van der Waals surface area contributed by atoms with Crippen LogP contribution in [-0.4, -0.2) is 34.1 Å². The van der Waals surface area contributed by atoms with Crippen LogP contribution in [0.4, 0.5) is 10.1 Å². The van der Waals surface area contributed by atoms with Crippen LogP contribution >= 0.6 is 11.8 Å². The number of carbonyl (C=O) groups excluding carboxylic acids is 2. The van der Waals surface area contributed by atoms with Crippen LogP contribution in [0.25, 0.3) is 5.69 Å². The van der Waals surface area contributed by atoms with Gasteiger partial charge in [-0.25, -0.2) is 9.37 Å². The molecular weight excluding hydrogens is 493 g/mol. The van der Waals surface area contributed by atoms with E-state index < -0.39 is 0 Å². The summed E-state index contributed by atoms with van der Waals surface area (Å²) in [4.78, 5) is 29.5. The highest BCUT2D eigenvalue weighted by Gasteiger charge is 2.20. The number of anilines is 1. The molecule has 1 amide bonds. The molecule has 0 fully saturated rings. The zero-order valence-corrected chi connectivity index (χ0v) is 21.5. The Balaban J connectivity index is 1.38. The van der Waals surface area contributed by atoms with Crippen LogP contribution in [0.2, 0.25) is 0 Å². The van der Waals surface area contributed by atoms with E-state index in [2.05, 4.69) is 10.3 Å². The van der Waals surface area contributed by atoms with Gasteiger partial charge in [0.25, 0.3) is 0 Å². The highest BCUT2D eigenvalue weighted by Crippen LogP contribution is 2.28. The molecule has 0 atom stereocenters. The van der Waals surface area contributed by atoms with Gasteiger partial charge in [0.1, 0.15) is 29.6 Å². The minimum absolute atomic E-state index is 0.104. The molecule has 7 nitrogen and oxygen atoms in total. The average molecular weight is 520 g/mol. The number of hydrogen-bond donors (Lipinski definition) is 1. The number of aryl methyl sites for hydroxylation is 1. The molecule has 0 saturated heterocycles. The number of thioether (sulfide) groups is 1. The number of benzene rings is 3. The van der Waals surface area contributed by atoms with E-state index in [0.717, 1.165) is 11.3 Å². The molecule has 4 rings (SSSR count). The van der Waals surface area contributed by atoms with Gasteiger partial charge >= 0.3 is 0 Å². The first kappa shape index (κ1) is 26.0. The minimum Gasteiger partial charge on any atom is -0.497 e. The van der Waals surface area contributed by atoms with E-state index in [1.807, 2.05) is 24.3 Å². The topological polar surface area (TPSA) is 82.4 Å². The summed E-state index contributed by atoms with van der Waals surface area (Å²) in [7, 11) is 1.59. The van der Waals surface area contributed by atoms with Gasteiger partial charge in [0.05, 0.1) is 18.6 Å². The fraction of sp³-hybridized carbons (Fsp3) is 0.179. The Morgan fingerprint density at radius 1 is 0.973 bits per heavy atom. The summed E-state index contributed by atoms with van der Waals surface area (Å²) in [6.07, 6.45) is 0. The predicted octanol–water partition coefficient (Wildman–Crippen LogP) is 5.84. The number of halogens is 1. The summed E-state index contributed by atoms with van der Waals surface area (Å²) in [5.41, 5.74) is 3.31. The Kier molecular flexibility index (Phi) is 8.25. The van der Waals surface area contributed by atoms with Crippen LogP contribution in [0.5, 0.6) is 11.5 Å². The molecule has 0 aliphatic rings. The van der Waals surface area contributed by atoms with E-state index in [1.54, 1.807) is 55.0 Å². The highest BCUT2D eigenvalue weighted by molar-refractivity contribution is 7.99. The van der Waals surface area contributed by atoms with Crippen LogP contribution in [0, 0.1) is 12.7 Å². The largest absolute Gasteiger partial charge is 0.497 e. The number of methoxy groups -OCH3 is 1. The highest BCUT2D eigenvalue weighted by atomic mass is 32.2. The smallest absolute Gasteiger partial charge is 0.234 e. The van der Waals surface area contributed by atoms with E-state index >= 15 is 0 Å². The van der Waals surface area contributed by atoms with Gasteiger partial charge in [-0.15, -0.1) is 0 Å². The molecule has 4 aromatic rings. The molecule has 1 heterocycles. The van der Waals surface area contributed by atoms with Crippen molar-refractivity contribution in [3.8, 4) is 17.2 Å². The maximum Gasteiger partial charge on any atom is 0.234 e. The minimum atomic E-state index is -0.291. The number of nitrogens with one attached hydrogen (secondary N) is 1. The first-order chi connectivity index (χ1) is 17.8. The number of amides is 1. The molecule has 0 unspecified atom stereocenters. The Bertz CT molecular complexity index is 1380. The van der Waals surface area contributed by atoms with Crippen molar-refractivity contribution in [3.63, 3.8) is 0 Å². The quantitative estimate of drug-likeness (QED) is 0.209. The first-order valence-corrected chi connectivity index (χ1v) is 12.5. The van der Waals surface area contributed by atoms with Crippen LogP contribution < -0.4 is 14.8 Å². The Morgan fingerprint density at radius 3 is 2.24 bits per heavy atom. The zero-order valence-electron chi connectivity index (χ0n) is 20.7. The Hall–Kier alpha value is -4.11. The van der Waals surface area contributed by atoms with E-state index in [-0.39, 0.29) is 23.3 Å². The summed E-state index contributed by atoms with van der Waals surface area (Å²) in [5, 5.41) is 3.41. The maximum atomic E-state index is 13.0. The van der Waals surface area contributed by atoms with Crippen molar-refractivity contribution >= 4 is 29.1 Å². The van der Waals surface area contributed by atoms with Gasteiger partial charge in [-0.3, -0.25) is 14.2 Å². The molecule has 9 heteroatoms. The lowest BCUT2D eigenvalue weighted by atomic mass is 10.2. The molecule has 0 aliphatic heterocycles. The molecular formula is C28H26FN3O4S. The van der Waals surface area contributed by atoms with Crippen molar-refractivity contribution in [1.29, 1.82) is 0 Å². The van der Waals surface area contributed by atoms with Crippen molar-refractivity contribution in [3.05, 3.63) is 95.6 Å². The van der Waals surface area contributed by atoms with Crippen molar-refractivity contribution in [2.45, 2.75) is 25.6 Å². The number of nitrogens with zero attached hydrogens (tertiary/aromatic N) is 2. The third kappa shape index (κ3) is 6.56. The lowest BCUT2D eigenvalue weighted by molar-refractivity contribution is -0.113. The second-order valence-electron chi connectivity index (χ2n) is 8.19. The lowest BCUT2D eigenvalue weighted by Gasteiger charge is -2.12. The molecule has 190 valence electrons. The number of imidazole rings is 1. The normalized spacial score (nSPS) is 10.7. The van der Waals surface area contributed by atoms with Gasteiger partial charge in [-0.05, 0) is 73.2 Å². The van der Waals surface area contributed by atoms with Crippen LogP contribution in [0.3, 0.4) is 0 Å². The predicted molar refractivity (Wildman–Crippen MR) is 141 cm³/mol. The molecule has 0 radical (unpaired) electrons. The van der Waals surface area contributed by atoms with Gasteiger partial charge in [0, 0.05) is 18.3 Å². The van der Waals surface area contributed by atoms with Gasteiger partial charge in [-0.2, -0.15) is 0 Å². The van der Waals surface area contributed by atoms with E-state index in [4.69, 9.17) is 9.47 Å². The molecule has 1 N–H and O–H groups in total. The maximum absolute atomic E-state index is 13.0. The monoisotopic (exact) mass is 519 g/mol. The number of hydrogen-bond acceptors (Lipinski definition) is 6. The van der Waals surface area contributed by atoms with Gasteiger partial charge < -0.3 is 14.8 Å². The summed E-state index contributed by atoms with van der Waals surface area (Å²) in [5.74, 6) is 0.819. The average Bonchev–Trinajstić information content (AvgIpc) is 3.24. The summed E-state index contributed by atoms with van der Waals surface area (Å²) in [6.45, 7) is 3.59. The summed E-state index contributed by atoms with van der Waals surface area (Å²) < 4.78 is 25.7. The van der Waals surface area contributed by atoms with E-state index in [0.29, 0.717) is 40.3 Å². The number of aromatic nitrogens is 2. The van der Waals surface area contributed by atoms with E-state index in [9.17, 15) is 14.0 Å². The molecule has 0 aliphatic carbocycles. The van der Waals surface area contributed by atoms with Crippen molar-refractivity contribution in [2.24, 2.45) is 0 Å². The number of Topliss-reactive ketones (excluding diaryl/α,β-unsaturated/α-hetero) is 1. The van der Waals surface area contributed by atoms with Gasteiger partial charge in [0.15, 0.2) is 10.9 Å². The fourth-order valence-electron chi connectivity index (χ4n) is 3.69. The zero-order chi connectivity index (χ0) is 26.4. The Labute approximate surface area is 218 Å². The van der Waals surface area contributed by atoms with Crippen molar-refractivity contribution in [1.82, 2.24) is 9.55 Å². The standard InChI is InChI=1S/C28H26FN3O4S/c1-18-27(19(2)33)32(23-10-14-24(35-3)15-11-23)28(30-18)37-17-26(34)31-22-8-12-25(13-9-22)36-16-20-4-6-21(29)7-5-20/h4-15H,16-17H2,1-3H3,(H,31,34). The van der Waals surface area contributed by atoms with Crippen LogP contribution in [0.15, 0.2) is 78.0 Å². The van der Waals surface area contributed by atoms with Crippen molar-refractivity contribution < 1.29 is 23.5 Å². The van der Waals surface area contributed by atoms with Gasteiger partial charge in [-0.1, -0.05) is 23.9 Å². The van der Waals surface area contributed by atoms with E-state index in [1.165, 1.54) is 30.8 Å². The fourth-order valence-corrected chi connectivity index (χ4v) is 4.55. The molecule has 37 heavy (non-hydrogen) atoms. The van der Waals surface area contributed by atoms with Crippen LogP contribution in [-0.2, 0) is 11.4 Å². The third-order valence-electron chi connectivity index (χ3n) is 5.47. The SMILES string of the molecule is COc1ccc(-n2c(SCC(=O)Nc3ccc(OCc4ccc(F)cc4)cc3)nc(C)c2C(C)=O)cc1. The second-order valence-corrected chi connectivity index (χ2v) is 9.14. The summed E-state index contributed by atoms with van der Waals surface area (Å²) in [6, 6.07) is 20.4. The second kappa shape index (κ2) is 11.7. The number of rotatable bonds is 10. The Morgan fingerprint density at radius 2 is 1.62 bits per heavy atom. The third-order valence-corrected chi connectivity index (χ3v) is 6.41. The molecule has 1 aromatic heterocycles.